The van der Waals surface area contributed by atoms with Crippen LogP contribution in [0, 0.1) is 13.8 Å². The summed E-state index contributed by atoms with van der Waals surface area (Å²) >= 11 is 0. The maximum atomic E-state index is 4.82. The van der Waals surface area contributed by atoms with Crippen molar-refractivity contribution in [2.75, 3.05) is 0 Å². The molecule has 166 valence electrons. The normalized spacial score (nSPS) is 11.2. The van der Waals surface area contributed by atoms with Crippen LogP contribution in [0.5, 0.6) is 0 Å². The molecule has 2 nitrogen and oxygen atoms in total. The Morgan fingerprint density at radius 3 is 1.27 bits per heavy atom. The first kappa shape index (κ1) is 24.6. The molecule has 0 aliphatic carbocycles. The van der Waals surface area contributed by atoms with Crippen LogP contribution in [0.15, 0.2) is 24.3 Å². The number of unbranched alkanes of at least 4 members (excludes halogenated alkanes) is 10. The summed E-state index contributed by atoms with van der Waals surface area (Å²) in [6.07, 6.45) is 18.4. The average molecular weight is 409 g/mol. The molecule has 30 heavy (non-hydrogen) atoms. The summed E-state index contributed by atoms with van der Waals surface area (Å²) in [5, 5.41) is 0. The van der Waals surface area contributed by atoms with E-state index in [1.165, 1.54) is 88.2 Å². The van der Waals surface area contributed by atoms with E-state index in [1.807, 2.05) is 0 Å². The molecule has 0 unspecified atom stereocenters. The lowest BCUT2D eigenvalue weighted by atomic mass is 10.0. The minimum Gasteiger partial charge on any atom is -0.251 e. The Balaban J connectivity index is 1.96. The van der Waals surface area contributed by atoms with E-state index in [4.69, 9.17) is 9.97 Å². The first-order valence-electron chi connectivity index (χ1n) is 12.6. The van der Waals surface area contributed by atoms with Gasteiger partial charge in [-0.05, 0) is 74.9 Å². The van der Waals surface area contributed by atoms with Crippen molar-refractivity contribution in [3.05, 3.63) is 46.8 Å². The Hall–Kier alpha value is -1.70. The average Bonchev–Trinajstić information content (AvgIpc) is 2.72. The summed E-state index contributed by atoms with van der Waals surface area (Å²) < 4.78 is 0. The maximum Gasteiger partial charge on any atom is 0.0892 e. The lowest BCUT2D eigenvalue weighted by Gasteiger charge is -2.10. The van der Waals surface area contributed by atoms with Gasteiger partial charge in [0.25, 0.3) is 0 Å². The third kappa shape index (κ3) is 9.41. The first-order valence-corrected chi connectivity index (χ1v) is 12.6. The van der Waals surface area contributed by atoms with Gasteiger partial charge in [0.15, 0.2) is 0 Å². The van der Waals surface area contributed by atoms with Crippen molar-refractivity contribution in [3.8, 4) is 11.4 Å². The van der Waals surface area contributed by atoms with Crippen LogP contribution in [-0.4, -0.2) is 9.97 Å². The van der Waals surface area contributed by atoms with Crippen molar-refractivity contribution in [2.45, 2.75) is 118 Å². The molecule has 0 bridgehead atoms. The fourth-order valence-electron chi connectivity index (χ4n) is 4.25. The highest BCUT2D eigenvalue weighted by Gasteiger charge is 2.08. The zero-order valence-corrected chi connectivity index (χ0v) is 20.1. The van der Waals surface area contributed by atoms with Gasteiger partial charge < -0.3 is 0 Å². The molecule has 0 N–H and O–H groups in total. The molecule has 0 aliphatic rings. The highest BCUT2D eigenvalue weighted by atomic mass is 14.8. The molecule has 0 aliphatic heterocycles. The number of hydrogen-bond acceptors (Lipinski definition) is 2. The van der Waals surface area contributed by atoms with Gasteiger partial charge in [0.1, 0.15) is 0 Å². The van der Waals surface area contributed by atoms with E-state index >= 15 is 0 Å². The molecule has 2 aromatic rings. The van der Waals surface area contributed by atoms with Gasteiger partial charge in [-0.1, -0.05) is 78.1 Å². The van der Waals surface area contributed by atoms with Crippen LogP contribution in [0.1, 0.15) is 113 Å². The van der Waals surface area contributed by atoms with Crippen molar-refractivity contribution in [1.82, 2.24) is 9.97 Å². The van der Waals surface area contributed by atoms with E-state index in [2.05, 4.69) is 52.0 Å². The van der Waals surface area contributed by atoms with E-state index in [1.54, 1.807) is 0 Å². The SMILES string of the molecule is CCCCCCCCc1cc(C)nc(-c2cc(CCCCCCCC)cc(C)n2)c1. The second kappa shape index (κ2) is 14.3. The summed E-state index contributed by atoms with van der Waals surface area (Å²) in [5.41, 5.74) is 7.12. The molecule has 2 heteroatoms. The van der Waals surface area contributed by atoms with Crippen LogP contribution in [-0.2, 0) is 12.8 Å². The molecule has 2 heterocycles. The van der Waals surface area contributed by atoms with Crippen LogP contribution < -0.4 is 0 Å². The lowest BCUT2D eigenvalue weighted by molar-refractivity contribution is 0.607. The Labute approximate surface area is 185 Å². The van der Waals surface area contributed by atoms with Gasteiger partial charge in [0, 0.05) is 11.4 Å². The lowest BCUT2D eigenvalue weighted by Crippen LogP contribution is -1.98. The molecule has 0 spiro atoms. The zero-order valence-electron chi connectivity index (χ0n) is 20.1. The third-order valence-electron chi connectivity index (χ3n) is 5.93. The topological polar surface area (TPSA) is 25.8 Å². The van der Waals surface area contributed by atoms with Crippen molar-refractivity contribution < 1.29 is 0 Å². The van der Waals surface area contributed by atoms with Gasteiger partial charge in [-0.3, -0.25) is 9.97 Å². The molecule has 0 radical (unpaired) electrons. The minimum atomic E-state index is 1.05. The fourth-order valence-corrected chi connectivity index (χ4v) is 4.25. The Kier molecular flexibility index (Phi) is 11.7. The Morgan fingerprint density at radius 2 is 0.867 bits per heavy atom. The van der Waals surface area contributed by atoms with Crippen molar-refractivity contribution in [1.29, 1.82) is 0 Å². The van der Waals surface area contributed by atoms with Gasteiger partial charge >= 0.3 is 0 Å². The quantitative estimate of drug-likeness (QED) is 0.276. The van der Waals surface area contributed by atoms with Crippen LogP contribution in [0.25, 0.3) is 11.4 Å². The Morgan fingerprint density at radius 1 is 0.500 bits per heavy atom. The second-order valence-electron chi connectivity index (χ2n) is 9.04. The van der Waals surface area contributed by atoms with E-state index in [-0.39, 0.29) is 0 Å². The Bertz CT molecular complexity index is 672. The number of aryl methyl sites for hydroxylation is 4. The van der Waals surface area contributed by atoms with Gasteiger partial charge in [-0.2, -0.15) is 0 Å². The van der Waals surface area contributed by atoms with Gasteiger partial charge in [-0.15, -0.1) is 0 Å². The smallest absolute Gasteiger partial charge is 0.0892 e. The summed E-state index contributed by atoms with van der Waals surface area (Å²) in [6, 6.07) is 9.05. The maximum absolute atomic E-state index is 4.82. The van der Waals surface area contributed by atoms with Gasteiger partial charge in [-0.25, -0.2) is 0 Å². The molecule has 2 rings (SSSR count). The molecule has 0 fully saturated rings. The number of nitrogens with zero attached hydrogens (tertiary/aromatic N) is 2. The largest absolute Gasteiger partial charge is 0.251 e. The van der Waals surface area contributed by atoms with Gasteiger partial charge in [0.05, 0.1) is 11.4 Å². The summed E-state index contributed by atoms with van der Waals surface area (Å²) in [5.74, 6) is 0. The van der Waals surface area contributed by atoms with E-state index in [0.29, 0.717) is 0 Å². The standard InChI is InChI=1S/C28H44N2/c1-5-7-9-11-13-15-17-25-19-23(3)29-27(21-25)28-22-26(20-24(4)30-28)18-16-14-12-10-8-6-2/h19-22H,5-18H2,1-4H3. The molecular formula is C28H44N2. The molecule has 0 saturated heterocycles. The summed E-state index contributed by atoms with van der Waals surface area (Å²) in [7, 11) is 0. The van der Waals surface area contributed by atoms with Crippen LogP contribution in [0.4, 0.5) is 0 Å². The first-order chi connectivity index (χ1) is 14.6. The van der Waals surface area contributed by atoms with Crippen LogP contribution in [0.2, 0.25) is 0 Å². The molecule has 2 aromatic heterocycles. The van der Waals surface area contributed by atoms with Gasteiger partial charge in [0.2, 0.25) is 0 Å². The predicted molar refractivity (Wildman–Crippen MR) is 131 cm³/mol. The number of pyridine rings is 2. The monoisotopic (exact) mass is 408 g/mol. The number of rotatable bonds is 15. The number of aromatic nitrogens is 2. The highest BCUT2D eigenvalue weighted by molar-refractivity contribution is 5.57. The molecular weight excluding hydrogens is 364 g/mol. The van der Waals surface area contributed by atoms with Crippen LogP contribution >= 0.6 is 0 Å². The fraction of sp³-hybridized carbons (Fsp3) is 0.643. The summed E-state index contributed by atoms with van der Waals surface area (Å²) in [6.45, 7) is 8.78. The summed E-state index contributed by atoms with van der Waals surface area (Å²) in [4.78, 5) is 9.65. The van der Waals surface area contributed by atoms with E-state index < -0.39 is 0 Å². The molecule has 0 atom stereocenters. The highest BCUT2D eigenvalue weighted by Crippen LogP contribution is 2.22. The molecule has 0 aromatic carbocycles. The third-order valence-corrected chi connectivity index (χ3v) is 5.93. The second-order valence-corrected chi connectivity index (χ2v) is 9.04. The minimum absolute atomic E-state index is 1.05. The number of hydrogen-bond donors (Lipinski definition) is 0. The zero-order chi connectivity index (χ0) is 21.6. The van der Waals surface area contributed by atoms with E-state index in [9.17, 15) is 0 Å². The molecule has 0 amide bonds. The van der Waals surface area contributed by atoms with Crippen molar-refractivity contribution in [3.63, 3.8) is 0 Å². The molecule has 0 saturated carbocycles. The predicted octanol–water partition coefficient (Wildman–Crippen LogP) is 8.57. The van der Waals surface area contributed by atoms with Crippen molar-refractivity contribution in [2.24, 2.45) is 0 Å². The van der Waals surface area contributed by atoms with Crippen molar-refractivity contribution >= 4 is 0 Å². The van der Waals surface area contributed by atoms with E-state index in [0.717, 1.165) is 35.6 Å². The van der Waals surface area contributed by atoms with Crippen LogP contribution in [0.3, 0.4) is 0 Å².